The molecule has 3 nitrogen and oxygen atoms in total. The average Bonchev–Trinajstić information content (AvgIpc) is 2.34. The van der Waals surface area contributed by atoms with Gasteiger partial charge in [0.15, 0.2) is 5.76 Å². The standard InChI is InChI=1S/C5H6F2N2O/c6-5(7)3-2-9-4(1-8)10-3/h2,5H,1,8H2. The molecule has 0 saturated heterocycles. The van der Waals surface area contributed by atoms with Gasteiger partial charge in [0.2, 0.25) is 5.89 Å². The van der Waals surface area contributed by atoms with Crippen LogP contribution in [0.4, 0.5) is 8.78 Å². The van der Waals surface area contributed by atoms with Crippen molar-refractivity contribution in [2.75, 3.05) is 0 Å². The Morgan fingerprint density at radius 3 is 2.70 bits per heavy atom. The third-order valence-corrected chi connectivity index (χ3v) is 0.961. The molecule has 0 fully saturated rings. The van der Waals surface area contributed by atoms with Crippen LogP contribution in [0, 0.1) is 0 Å². The predicted molar refractivity (Wildman–Crippen MR) is 29.4 cm³/mol. The first kappa shape index (κ1) is 7.14. The van der Waals surface area contributed by atoms with Crippen molar-refractivity contribution in [2.24, 2.45) is 5.73 Å². The van der Waals surface area contributed by atoms with Gasteiger partial charge in [-0.1, -0.05) is 0 Å². The van der Waals surface area contributed by atoms with E-state index in [9.17, 15) is 8.78 Å². The van der Waals surface area contributed by atoms with E-state index in [0.717, 1.165) is 6.20 Å². The Balaban J connectivity index is 2.78. The maximum absolute atomic E-state index is 11.7. The van der Waals surface area contributed by atoms with Gasteiger partial charge in [0.1, 0.15) is 0 Å². The SMILES string of the molecule is NCc1ncc(C(F)F)o1. The van der Waals surface area contributed by atoms with E-state index in [2.05, 4.69) is 9.40 Å². The molecule has 2 N–H and O–H groups in total. The first-order valence-corrected chi connectivity index (χ1v) is 2.67. The monoisotopic (exact) mass is 148 g/mol. The summed E-state index contributed by atoms with van der Waals surface area (Å²) in [6.45, 7) is 0.0483. The fourth-order valence-electron chi connectivity index (χ4n) is 0.520. The highest BCUT2D eigenvalue weighted by Crippen LogP contribution is 2.18. The number of hydrogen-bond donors (Lipinski definition) is 1. The van der Waals surface area contributed by atoms with Gasteiger partial charge in [-0.15, -0.1) is 0 Å². The van der Waals surface area contributed by atoms with Crippen molar-refractivity contribution in [3.05, 3.63) is 17.8 Å². The number of aromatic nitrogens is 1. The molecule has 0 aliphatic heterocycles. The van der Waals surface area contributed by atoms with E-state index < -0.39 is 12.2 Å². The molecule has 56 valence electrons. The van der Waals surface area contributed by atoms with E-state index in [1.54, 1.807) is 0 Å². The van der Waals surface area contributed by atoms with Gasteiger partial charge in [-0.05, 0) is 0 Å². The van der Waals surface area contributed by atoms with Crippen LogP contribution >= 0.6 is 0 Å². The highest BCUT2D eigenvalue weighted by molar-refractivity contribution is 4.94. The zero-order valence-corrected chi connectivity index (χ0v) is 5.05. The molecule has 0 bridgehead atoms. The third kappa shape index (κ3) is 1.30. The minimum atomic E-state index is -2.60. The van der Waals surface area contributed by atoms with Gasteiger partial charge >= 0.3 is 0 Å². The number of rotatable bonds is 2. The lowest BCUT2D eigenvalue weighted by atomic mass is 10.5. The van der Waals surface area contributed by atoms with Gasteiger partial charge < -0.3 is 10.2 Å². The van der Waals surface area contributed by atoms with Gasteiger partial charge in [-0.2, -0.15) is 0 Å². The Labute approximate surface area is 55.8 Å². The number of alkyl halides is 2. The molecule has 1 rings (SSSR count). The summed E-state index contributed by atoms with van der Waals surface area (Å²) < 4.78 is 28.0. The number of nitrogens with zero attached hydrogens (tertiary/aromatic N) is 1. The van der Waals surface area contributed by atoms with Crippen LogP contribution in [0.3, 0.4) is 0 Å². The molecular formula is C5H6F2N2O. The van der Waals surface area contributed by atoms with Gasteiger partial charge in [-0.25, -0.2) is 13.8 Å². The lowest BCUT2D eigenvalue weighted by molar-refractivity contribution is 0.120. The molecular weight excluding hydrogens is 142 g/mol. The van der Waals surface area contributed by atoms with Crippen LogP contribution in [-0.2, 0) is 6.54 Å². The van der Waals surface area contributed by atoms with Crippen molar-refractivity contribution in [2.45, 2.75) is 13.0 Å². The summed E-state index contributed by atoms with van der Waals surface area (Å²) in [5, 5.41) is 0. The van der Waals surface area contributed by atoms with Crippen molar-refractivity contribution < 1.29 is 13.2 Å². The number of oxazole rings is 1. The molecule has 0 radical (unpaired) electrons. The van der Waals surface area contributed by atoms with Crippen LogP contribution in [0.5, 0.6) is 0 Å². The Hall–Kier alpha value is -0.970. The fraction of sp³-hybridized carbons (Fsp3) is 0.400. The van der Waals surface area contributed by atoms with E-state index >= 15 is 0 Å². The fourth-order valence-corrected chi connectivity index (χ4v) is 0.520. The van der Waals surface area contributed by atoms with Gasteiger partial charge in [0, 0.05) is 0 Å². The minimum absolute atomic E-state index is 0.0483. The molecule has 0 spiro atoms. The van der Waals surface area contributed by atoms with E-state index in [-0.39, 0.29) is 12.4 Å². The van der Waals surface area contributed by atoms with Crippen molar-refractivity contribution in [3.63, 3.8) is 0 Å². The van der Waals surface area contributed by atoms with Crippen LogP contribution in [0.2, 0.25) is 0 Å². The van der Waals surface area contributed by atoms with Crippen LogP contribution in [-0.4, -0.2) is 4.98 Å². The summed E-state index contributed by atoms with van der Waals surface area (Å²) in [6.07, 6.45) is -1.62. The van der Waals surface area contributed by atoms with E-state index in [0.29, 0.717) is 0 Å². The molecule has 0 amide bonds. The molecule has 0 aliphatic carbocycles. The van der Waals surface area contributed by atoms with Crippen molar-refractivity contribution in [1.29, 1.82) is 0 Å². The molecule has 0 aliphatic rings. The second kappa shape index (κ2) is 2.74. The highest BCUT2D eigenvalue weighted by atomic mass is 19.3. The summed E-state index contributed by atoms with van der Waals surface area (Å²) >= 11 is 0. The van der Waals surface area contributed by atoms with Gasteiger partial charge in [-0.3, -0.25) is 0 Å². The quantitative estimate of drug-likeness (QED) is 0.682. The van der Waals surface area contributed by atoms with Gasteiger partial charge in [0.05, 0.1) is 12.7 Å². The zero-order valence-electron chi connectivity index (χ0n) is 5.05. The second-order valence-corrected chi connectivity index (χ2v) is 1.66. The lowest BCUT2D eigenvalue weighted by Gasteiger charge is -1.88. The largest absolute Gasteiger partial charge is 0.438 e. The molecule has 10 heavy (non-hydrogen) atoms. The van der Waals surface area contributed by atoms with Crippen LogP contribution in [0.1, 0.15) is 18.1 Å². The number of halogens is 2. The van der Waals surface area contributed by atoms with Crippen molar-refractivity contribution >= 4 is 0 Å². The van der Waals surface area contributed by atoms with Crippen LogP contribution in [0.25, 0.3) is 0 Å². The smallest absolute Gasteiger partial charge is 0.297 e. The predicted octanol–water partition coefficient (Wildman–Crippen LogP) is 1.07. The molecule has 0 saturated carbocycles. The molecule has 0 atom stereocenters. The third-order valence-electron chi connectivity index (χ3n) is 0.961. The highest BCUT2D eigenvalue weighted by Gasteiger charge is 2.12. The Bertz CT molecular complexity index is 211. The summed E-state index contributed by atoms with van der Waals surface area (Å²) in [5.41, 5.74) is 5.06. The Kier molecular flexibility index (Phi) is 1.96. The topological polar surface area (TPSA) is 52.0 Å². The van der Waals surface area contributed by atoms with E-state index in [1.165, 1.54) is 0 Å². The molecule has 5 heteroatoms. The molecule has 0 aromatic carbocycles. The normalized spacial score (nSPS) is 10.8. The van der Waals surface area contributed by atoms with Crippen molar-refractivity contribution in [3.8, 4) is 0 Å². The summed E-state index contributed by atoms with van der Waals surface area (Å²) in [6, 6.07) is 0. The number of hydrogen-bond acceptors (Lipinski definition) is 3. The molecule has 0 unspecified atom stereocenters. The molecule has 1 heterocycles. The van der Waals surface area contributed by atoms with Crippen LogP contribution in [0.15, 0.2) is 10.6 Å². The van der Waals surface area contributed by atoms with Crippen LogP contribution < -0.4 is 5.73 Å². The first-order chi connectivity index (χ1) is 4.74. The van der Waals surface area contributed by atoms with Crippen molar-refractivity contribution in [1.82, 2.24) is 4.98 Å². The Morgan fingerprint density at radius 2 is 2.40 bits per heavy atom. The second-order valence-electron chi connectivity index (χ2n) is 1.66. The minimum Gasteiger partial charge on any atom is -0.438 e. The lowest BCUT2D eigenvalue weighted by Crippen LogP contribution is -1.94. The zero-order chi connectivity index (χ0) is 7.56. The Morgan fingerprint density at radius 1 is 1.70 bits per heavy atom. The average molecular weight is 148 g/mol. The van der Waals surface area contributed by atoms with E-state index in [4.69, 9.17) is 5.73 Å². The summed E-state index contributed by atoms with van der Waals surface area (Å²) in [4.78, 5) is 3.48. The summed E-state index contributed by atoms with van der Waals surface area (Å²) in [5.74, 6) is -0.296. The molecule has 1 aromatic heterocycles. The maximum atomic E-state index is 11.7. The van der Waals surface area contributed by atoms with E-state index in [1.807, 2.05) is 0 Å². The maximum Gasteiger partial charge on any atom is 0.297 e. The first-order valence-electron chi connectivity index (χ1n) is 2.67. The summed E-state index contributed by atoms with van der Waals surface area (Å²) in [7, 11) is 0. The molecule has 1 aromatic rings. The number of nitrogens with two attached hydrogens (primary N) is 1. The van der Waals surface area contributed by atoms with Gasteiger partial charge in [0.25, 0.3) is 6.43 Å².